The van der Waals surface area contributed by atoms with E-state index in [2.05, 4.69) is 68.6 Å². The van der Waals surface area contributed by atoms with E-state index in [9.17, 15) is 0 Å². The van der Waals surface area contributed by atoms with Crippen molar-refractivity contribution < 1.29 is 4.74 Å². The summed E-state index contributed by atoms with van der Waals surface area (Å²) < 4.78 is 5.87. The van der Waals surface area contributed by atoms with Gasteiger partial charge in [-0.2, -0.15) is 0 Å². The standard InChI is InChI=1S/C19H25NO/c1-4-15(2)21-19-12-8-9-17(13-19)14-20-16(3)18-10-6-5-7-11-18/h5-13,15-16,20H,4,14H2,1-3H3. The van der Waals surface area contributed by atoms with Crippen LogP contribution in [0.1, 0.15) is 44.4 Å². The van der Waals surface area contributed by atoms with Gasteiger partial charge in [0, 0.05) is 12.6 Å². The molecule has 2 unspecified atom stereocenters. The molecule has 0 radical (unpaired) electrons. The van der Waals surface area contributed by atoms with Gasteiger partial charge in [0.25, 0.3) is 0 Å². The summed E-state index contributed by atoms with van der Waals surface area (Å²) in [5.74, 6) is 0.955. The Morgan fingerprint density at radius 3 is 2.48 bits per heavy atom. The van der Waals surface area contributed by atoms with E-state index in [1.165, 1.54) is 11.1 Å². The molecule has 2 atom stereocenters. The van der Waals surface area contributed by atoms with E-state index in [1.807, 2.05) is 12.1 Å². The Kier molecular flexibility index (Phi) is 5.82. The van der Waals surface area contributed by atoms with E-state index in [-0.39, 0.29) is 6.10 Å². The lowest BCUT2D eigenvalue weighted by atomic mass is 10.1. The maximum absolute atomic E-state index is 5.87. The van der Waals surface area contributed by atoms with Gasteiger partial charge in [-0.1, -0.05) is 49.4 Å². The number of hydrogen-bond donors (Lipinski definition) is 1. The molecule has 0 aromatic heterocycles. The van der Waals surface area contributed by atoms with Gasteiger partial charge in [0.05, 0.1) is 6.10 Å². The molecule has 0 saturated heterocycles. The minimum Gasteiger partial charge on any atom is -0.491 e. The van der Waals surface area contributed by atoms with Crippen molar-refractivity contribution >= 4 is 0 Å². The first-order valence-corrected chi connectivity index (χ1v) is 7.73. The highest BCUT2D eigenvalue weighted by atomic mass is 16.5. The smallest absolute Gasteiger partial charge is 0.120 e. The molecule has 0 heterocycles. The fourth-order valence-corrected chi connectivity index (χ4v) is 2.17. The molecule has 1 N–H and O–H groups in total. The van der Waals surface area contributed by atoms with Crippen LogP contribution in [0.2, 0.25) is 0 Å². The minimum atomic E-state index is 0.261. The fourth-order valence-electron chi connectivity index (χ4n) is 2.17. The van der Waals surface area contributed by atoms with Crippen molar-refractivity contribution in [2.45, 2.75) is 45.9 Å². The Morgan fingerprint density at radius 1 is 1.00 bits per heavy atom. The maximum atomic E-state index is 5.87. The number of ether oxygens (including phenoxy) is 1. The van der Waals surface area contributed by atoms with Crippen molar-refractivity contribution in [3.8, 4) is 5.75 Å². The third-order valence-electron chi connectivity index (χ3n) is 3.72. The highest BCUT2D eigenvalue weighted by Crippen LogP contribution is 2.17. The molecule has 2 heteroatoms. The van der Waals surface area contributed by atoms with Crippen LogP contribution in [-0.2, 0) is 6.54 Å². The zero-order chi connectivity index (χ0) is 15.1. The van der Waals surface area contributed by atoms with E-state index in [1.54, 1.807) is 0 Å². The van der Waals surface area contributed by atoms with E-state index in [0.717, 1.165) is 18.7 Å². The van der Waals surface area contributed by atoms with Crippen molar-refractivity contribution in [3.05, 3.63) is 65.7 Å². The molecule has 0 bridgehead atoms. The number of rotatable bonds is 7. The van der Waals surface area contributed by atoms with Crippen LogP contribution in [0.5, 0.6) is 5.75 Å². The van der Waals surface area contributed by atoms with Gasteiger partial charge in [0.1, 0.15) is 5.75 Å². The van der Waals surface area contributed by atoms with Gasteiger partial charge >= 0.3 is 0 Å². The number of nitrogens with one attached hydrogen (secondary N) is 1. The summed E-state index contributed by atoms with van der Waals surface area (Å²) in [6.07, 6.45) is 1.28. The largest absolute Gasteiger partial charge is 0.491 e. The first-order valence-electron chi connectivity index (χ1n) is 7.73. The lowest BCUT2D eigenvalue weighted by Crippen LogP contribution is -2.18. The van der Waals surface area contributed by atoms with E-state index in [0.29, 0.717) is 6.04 Å². The minimum absolute atomic E-state index is 0.261. The molecule has 112 valence electrons. The fraction of sp³-hybridized carbons (Fsp3) is 0.368. The van der Waals surface area contributed by atoms with Crippen LogP contribution in [0.25, 0.3) is 0 Å². The van der Waals surface area contributed by atoms with Crippen LogP contribution in [0.3, 0.4) is 0 Å². The van der Waals surface area contributed by atoms with Crippen LogP contribution in [0.4, 0.5) is 0 Å². The summed E-state index contributed by atoms with van der Waals surface area (Å²) in [4.78, 5) is 0. The summed E-state index contributed by atoms with van der Waals surface area (Å²) >= 11 is 0. The highest BCUT2D eigenvalue weighted by Gasteiger charge is 2.05. The predicted octanol–water partition coefficient (Wildman–Crippen LogP) is 4.71. The molecule has 0 aliphatic heterocycles. The van der Waals surface area contributed by atoms with E-state index >= 15 is 0 Å². The van der Waals surface area contributed by atoms with Crippen LogP contribution < -0.4 is 10.1 Å². The molecular formula is C19H25NO. The average Bonchev–Trinajstić information content (AvgIpc) is 2.53. The van der Waals surface area contributed by atoms with Gasteiger partial charge < -0.3 is 10.1 Å². The first kappa shape index (κ1) is 15.6. The third kappa shape index (κ3) is 4.91. The van der Waals surface area contributed by atoms with Crippen molar-refractivity contribution in [1.82, 2.24) is 5.32 Å². The highest BCUT2D eigenvalue weighted by molar-refractivity contribution is 5.29. The van der Waals surface area contributed by atoms with Crippen LogP contribution >= 0.6 is 0 Å². The van der Waals surface area contributed by atoms with Gasteiger partial charge in [0.15, 0.2) is 0 Å². The lowest BCUT2D eigenvalue weighted by Gasteiger charge is -2.16. The molecule has 2 aromatic carbocycles. The molecule has 0 fully saturated rings. The van der Waals surface area contributed by atoms with Crippen LogP contribution in [0.15, 0.2) is 54.6 Å². The molecular weight excluding hydrogens is 258 g/mol. The Bertz CT molecular complexity index is 538. The quantitative estimate of drug-likeness (QED) is 0.794. The van der Waals surface area contributed by atoms with Crippen molar-refractivity contribution in [3.63, 3.8) is 0 Å². The number of hydrogen-bond acceptors (Lipinski definition) is 2. The Morgan fingerprint density at radius 2 is 1.76 bits per heavy atom. The molecule has 2 rings (SSSR count). The average molecular weight is 283 g/mol. The molecule has 0 amide bonds. The van der Waals surface area contributed by atoms with Gasteiger partial charge in [-0.25, -0.2) is 0 Å². The normalized spacial score (nSPS) is 13.7. The zero-order valence-corrected chi connectivity index (χ0v) is 13.2. The predicted molar refractivity (Wildman–Crippen MR) is 88.5 cm³/mol. The molecule has 21 heavy (non-hydrogen) atoms. The number of benzene rings is 2. The Hall–Kier alpha value is -1.80. The van der Waals surface area contributed by atoms with Crippen molar-refractivity contribution in [1.29, 1.82) is 0 Å². The summed E-state index contributed by atoms with van der Waals surface area (Å²) in [6, 6.07) is 19.2. The Labute approximate surface area is 128 Å². The molecule has 0 spiro atoms. The van der Waals surface area contributed by atoms with Crippen molar-refractivity contribution in [2.75, 3.05) is 0 Å². The van der Waals surface area contributed by atoms with E-state index in [4.69, 9.17) is 4.74 Å². The van der Waals surface area contributed by atoms with Crippen LogP contribution in [-0.4, -0.2) is 6.10 Å². The second-order valence-electron chi connectivity index (χ2n) is 5.50. The lowest BCUT2D eigenvalue weighted by molar-refractivity contribution is 0.217. The van der Waals surface area contributed by atoms with Crippen LogP contribution in [0, 0.1) is 0 Å². The topological polar surface area (TPSA) is 21.3 Å². The van der Waals surface area contributed by atoms with Gasteiger partial charge in [-0.3, -0.25) is 0 Å². The molecule has 0 saturated carbocycles. The third-order valence-corrected chi connectivity index (χ3v) is 3.72. The molecule has 2 aromatic rings. The summed E-state index contributed by atoms with van der Waals surface area (Å²) in [5, 5.41) is 3.55. The first-order chi connectivity index (χ1) is 10.2. The Balaban J connectivity index is 1.92. The maximum Gasteiger partial charge on any atom is 0.120 e. The second kappa shape index (κ2) is 7.84. The molecule has 0 aliphatic rings. The summed E-state index contributed by atoms with van der Waals surface area (Å²) in [5.41, 5.74) is 2.56. The summed E-state index contributed by atoms with van der Waals surface area (Å²) in [7, 11) is 0. The van der Waals surface area contributed by atoms with E-state index < -0.39 is 0 Å². The van der Waals surface area contributed by atoms with Gasteiger partial charge in [0.2, 0.25) is 0 Å². The van der Waals surface area contributed by atoms with Gasteiger partial charge in [-0.05, 0) is 43.5 Å². The SMILES string of the molecule is CCC(C)Oc1cccc(CNC(C)c2ccccc2)c1. The van der Waals surface area contributed by atoms with Crippen molar-refractivity contribution in [2.24, 2.45) is 0 Å². The molecule has 0 aliphatic carbocycles. The second-order valence-corrected chi connectivity index (χ2v) is 5.50. The summed E-state index contributed by atoms with van der Waals surface area (Å²) in [6.45, 7) is 7.27. The molecule has 2 nitrogen and oxygen atoms in total. The van der Waals surface area contributed by atoms with Gasteiger partial charge in [-0.15, -0.1) is 0 Å². The monoisotopic (exact) mass is 283 g/mol. The zero-order valence-electron chi connectivity index (χ0n) is 13.2.